The van der Waals surface area contributed by atoms with Gasteiger partial charge in [0, 0.05) is 26.2 Å². The van der Waals surface area contributed by atoms with Crippen molar-refractivity contribution in [3.05, 3.63) is 0 Å². The van der Waals surface area contributed by atoms with E-state index in [9.17, 15) is 13.2 Å². The van der Waals surface area contributed by atoms with E-state index in [1.807, 2.05) is 0 Å². The third kappa shape index (κ3) is 13.2. The van der Waals surface area contributed by atoms with Crippen LogP contribution in [0.5, 0.6) is 0 Å². The number of alkyl carbamates (subject to hydrolysis) is 1. The molecule has 0 aromatic heterocycles. The molecule has 18 heavy (non-hydrogen) atoms. The molecular formula is C10H23N3O4S. The molecule has 8 heteroatoms. The van der Waals surface area contributed by atoms with Gasteiger partial charge in [0.25, 0.3) is 0 Å². The molecule has 0 bridgehead atoms. The van der Waals surface area contributed by atoms with Crippen molar-refractivity contribution in [1.29, 1.82) is 0 Å². The van der Waals surface area contributed by atoms with Crippen LogP contribution in [0.4, 0.5) is 4.79 Å². The zero-order chi connectivity index (χ0) is 14.2. The van der Waals surface area contributed by atoms with Gasteiger partial charge in [0.05, 0.1) is 6.26 Å². The Bertz CT molecular complexity index is 349. The zero-order valence-corrected chi connectivity index (χ0v) is 12.2. The van der Waals surface area contributed by atoms with Crippen LogP contribution in [0.1, 0.15) is 20.8 Å². The molecule has 0 radical (unpaired) electrons. The number of ether oxygens (including phenoxy) is 1. The van der Waals surface area contributed by atoms with Gasteiger partial charge in [0.2, 0.25) is 10.0 Å². The lowest BCUT2D eigenvalue weighted by Gasteiger charge is -2.19. The van der Waals surface area contributed by atoms with Crippen molar-refractivity contribution >= 4 is 16.1 Å². The number of hydrogen-bond acceptors (Lipinski definition) is 5. The third-order valence-electron chi connectivity index (χ3n) is 1.64. The highest BCUT2D eigenvalue weighted by Gasteiger charge is 2.15. The maximum absolute atomic E-state index is 11.2. The van der Waals surface area contributed by atoms with Gasteiger partial charge >= 0.3 is 6.09 Å². The summed E-state index contributed by atoms with van der Waals surface area (Å²) in [6, 6.07) is 0. The number of carbonyl (C=O) groups excluding carboxylic acids is 1. The Balaban J connectivity index is 3.44. The van der Waals surface area contributed by atoms with Crippen molar-refractivity contribution in [2.45, 2.75) is 26.4 Å². The fraction of sp³-hybridized carbons (Fsp3) is 0.900. The minimum Gasteiger partial charge on any atom is -0.444 e. The molecule has 0 saturated heterocycles. The van der Waals surface area contributed by atoms with Crippen molar-refractivity contribution in [3.8, 4) is 0 Å². The van der Waals surface area contributed by atoms with Crippen LogP contribution in [0, 0.1) is 0 Å². The molecule has 0 rings (SSSR count). The van der Waals surface area contributed by atoms with E-state index in [-0.39, 0.29) is 0 Å². The van der Waals surface area contributed by atoms with Crippen LogP contribution in [-0.2, 0) is 14.8 Å². The van der Waals surface area contributed by atoms with Crippen LogP contribution < -0.4 is 15.4 Å². The normalized spacial score (nSPS) is 12.2. The quantitative estimate of drug-likeness (QED) is 0.554. The minimum atomic E-state index is -3.13. The summed E-state index contributed by atoms with van der Waals surface area (Å²) in [6.45, 7) is 7.18. The van der Waals surface area contributed by atoms with Crippen LogP contribution in [0.25, 0.3) is 0 Å². The second kappa shape index (κ2) is 7.55. The van der Waals surface area contributed by atoms with E-state index in [1.54, 1.807) is 20.8 Å². The maximum atomic E-state index is 11.2. The summed E-state index contributed by atoms with van der Waals surface area (Å²) >= 11 is 0. The molecular weight excluding hydrogens is 258 g/mol. The Hall–Kier alpha value is -0.860. The van der Waals surface area contributed by atoms with E-state index in [0.29, 0.717) is 26.2 Å². The first-order chi connectivity index (χ1) is 8.10. The Morgan fingerprint density at radius 3 is 2.17 bits per heavy atom. The first-order valence-electron chi connectivity index (χ1n) is 5.72. The highest BCUT2D eigenvalue weighted by atomic mass is 32.2. The van der Waals surface area contributed by atoms with E-state index >= 15 is 0 Å². The molecule has 0 aromatic rings. The minimum absolute atomic E-state index is 0.325. The number of nitrogens with one attached hydrogen (secondary N) is 3. The molecule has 0 aliphatic heterocycles. The second-order valence-corrected chi connectivity index (χ2v) is 6.68. The van der Waals surface area contributed by atoms with Crippen molar-refractivity contribution in [3.63, 3.8) is 0 Å². The van der Waals surface area contributed by atoms with Gasteiger partial charge in [-0.05, 0) is 20.8 Å². The van der Waals surface area contributed by atoms with Crippen LogP contribution >= 0.6 is 0 Å². The van der Waals surface area contributed by atoms with E-state index in [1.165, 1.54) is 0 Å². The highest BCUT2D eigenvalue weighted by Crippen LogP contribution is 2.05. The van der Waals surface area contributed by atoms with Gasteiger partial charge in [0.1, 0.15) is 5.60 Å². The number of sulfonamides is 1. The topological polar surface area (TPSA) is 96.5 Å². The van der Waals surface area contributed by atoms with Gasteiger partial charge in [-0.3, -0.25) is 0 Å². The first kappa shape index (κ1) is 17.1. The van der Waals surface area contributed by atoms with Gasteiger partial charge in [-0.15, -0.1) is 0 Å². The number of carbonyl (C=O) groups is 1. The summed E-state index contributed by atoms with van der Waals surface area (Å²) in [5.74, 6) is 0. The zero-order valence-electron chi connectivity index (χ0n) is 11.4. The predicted octanol–water partition coefficient (Wildman–Crippen LogP) is -0.350. The lowest BCUT2D eigenvalue weighted by Crippen LogP contribution is -2.38. The molecule has 0 aromatic carbocycles. The summed E-state index contributed by atoms with van der Waals surface area (Å²) in [6.07, 6.45) is 0.649. The average molecular weight is 281 g/mol. The van der Waals surface area contributed by atoms with E-state index in [0.717, 1.165) is 6.26 Å². The maximum Gasteiger partial charge on any atom is 0.407 e. The van der Waals surface area contributed by atoms with Gasteiger partial charge in [-0.1, -0.05) is 0 Å². The smallest absolute Gasteiger partial charge is 0.407 e. The van der Waals surface area contributed by atoms with Crippen molar-refractivity contribution in [1.82, 2.24) is 15.4 Å². The lowest BCUT2D eigenvalue weighted by molar-refractivity contribution is 0.0528. The van der Waals surface area contributed by atoms with Crippen LogP contribution in [0.15, 0.2) is 0 Å². The molecule has 108 valence electrons. The lowest BCUT2D eigenvalue weighted by atomic mass is 10.2. The number of rotatable bonds is 7. The highest BCUT2D eigenvalue weighted by molar-refractivity contribution is 7.88. The summed E-state index contributed by atoms with van der Waals surface area (Å²) in [5.41, 5.74) is -0.503. The SMILES string of the molecule is CC(C)(C)OC(=O)NCCNCCNS(C)(=O)=O. The van der Waals surface area contributed by atoms with Crippen LogP contribution in [-0.4, -0.2) is 52.5 Å². The Labute approximate surface area is 109 Å². The molecule has 0 fully saturated rings. The first-order valence-corrected chi connectivity index (χ1v) is 7.61. The summed E-state index contributed by atoms with van der Waals surface area (Å²) < 4.78 is 28.9. The second-order valence-electron chi connectivity index (χ2n) is 4.85. The van der Waals surface area contributed by atoms with Crippen LogP contribution in [0.2, 0.25) is 0 Å². The summed E-state index contributed by atoms with van der Waals surface area (Å²) in [4.78, 5) is 11.2. The van der Waals surface area contributed by atoms with Gasteiger partial charge in [0.15, 0.2) is 0 Å². The van der Waals surface area contributed by atoms with Crippen molar-refractivity contribution in [2.24, 2.45) is 0 Å². The molecule has 0 spiro atoms. The molecule has 3 N–H and O–H groups in total. The molecule has 0 heterocycles. The number of amides is 1. The van der Waals surface area contributed by atoms with Gasteiger partial charge in [-0.25, -0.2) is 17.9 Å². The molecule has 0 saturated carbocycles. The summed E-state index contributed by atoms with van der Waals surface area (Å²) in [5, 5.41) is 5.56. The Morgan fingerprint density at radius 1 is 1.11 bits per heavy atom. The van der Waals surface area contributed by atoms with E-state index in [2.05, 4.69) is 15.4 Å². The fourth-order valence-electron chi connectivity index (χ4n) is 1.02. The van der Waals surface area contributed by atoms with E-state index in [4.69, 9.17) is 4.74 Å². The number of hydrogen-bond donors (Lipinski definition) is 3. The Kier molecular flexibility index (Phi) is 7.19. The molecule has 0 aliphatic carbocycles. The Morgan fingerprint density at radius 2 is 1.67 bits per heavy atom. The molecule has 7 nitrogen and oxygen atoms in total. The monoisotopic (exact) mass is 281 g/mol. The molecule has 1 amide bonds. The molecule has 0 atom stereocenters. The van der Waals surface area contributed by atoms with Gasteiger partial charge < -0.3 is 15.4 Å². The van der Waals surface area contributed by atoms with E-state index < -0.39 is 21.7 Å². The average Bonchev–Trinajstić information content (AvgIpc) is 2.11. The van der Waals surface area contributed by atoms with Crippen molar-refractivity contribution < 1.29 is 17.9 Å². The largest absolute Gasteiger partial charge is 0.444 e. The molecule has 0 aliphatic rings. The fourth-order valence-corrected chi connectivity index (χ4v) is 1.49. The summed E-state index contributed by atoms with van der Waals surface area (Å²) in [7, 11) is -3.13. The van der Waals surface area contributed by atoms with Crippen LogP contribution in [0.3, 0.4) is 0 Å². The van der Waals surface area contributed by atoms with Gasteiger partial charge in [-0.2, -0.15) is 0 Å². The van der Waals surface area contributed by atoms with Crippen molar-refractivity contribution in [2.75, 3.05) is 32.4 Å². The molecule has 0 unspecified atom stereocenters. The predicted molar refractivity (Wildman–Crippen MR) is 70.0 cm³/mol. The standard InChI is InChI=1S/C10H23N3O4S/c1-10(2,3)17-9(14)12-7-5-11-6-8-13-18(4,15)16/h11,13H,5-8H2,1-4H3,(H,12,14). The third-order valence-corrected chi connectivity index (χ3v) is 2.36.